The summed E-state index contributed by atoms with van der Waals surface area (Å²) in [6, 6.07) is 1.44. The number of alkyl halides is 3. The number of primary amides is 1. The molecule has 2 N–H and O–H groups in total. The zero-order chi connectivity index (χ0) is 18.1. The fourth-order valence-corrected chi connectivity index (χ4v) is 2.22. The zero-order valence-electron chi connectivity index (χ0n) is 12.9. The summed E-state index contributed by atoms with van der Waals surface area (Å²) in [5.41, 5.74) is 3.44. The molecule has 1 amide bonds. The SMILES string of the molecule is CC(C)(CF)C(F)C(F)C(OC(N)=O)c1cn2ncc(Cl)cc2n1. The van der Waals surface area contributed by atoms with Crippen molar-refractivity contribution < 1.29 is 22.7 Å². The molecule has 3 atom stereocenters. The van der Waals surface area contributed by atoms with Crippen molar-refractivity contribution in [1.82, 2.24) is 14.6 Å². The number of hydrogen-bond acceptors (Lipinski definition) is 4. The standard InChI is InChI=1S/C14H16ClF3N4O2/c1-14(2,6-16)12(18)10(17)11(24-13(19)23)8-5-22-9(21-8)3-7(15)4-20-22/h3-5,10-12H,6H2,1-2H3,(H2,19,23). The quantitative estimate of drug-likeness (QED) is 0.853. The molecule has 6 nitrogen and oxygen atoms in total. The maximum atomic E-state index is 14.6. The normalized spacial score (nSPS) is 15.9. The topological polar surface area (TPSA) is 82.5 Å². The number of carbonyl (C=O) groups is 1. The van der Waals surface area contributed by atoms with Crippen LogP contribution in [0.25, 0.3) is 5.65 Å². The number of hydrogen-bond donors (Lipinski definition) is 1. The Bertz CT molecular complexity index is 740. The molecule has 2 heterocycles. The van der Waals surface area contributed by atoms with Gasteiger partial charge in [0, 0.05) is 11.5 Å². The summed E-state index contributed by atoms with van der Waals surface area (Å²) in [6.45, 7) is 1.34. The lowest BCUT2D eigenvalue weighted by atomic mass is 9.84. The van der Waals surface area contributed by atoms with Gasteiger partial charge in [-0.25, -0.2) is 23.1 Å². The molecule has 0 spiro atoms. The molecular weight excluding hydrogens is 349 g/mol. The van der Waals surface area contributed by atoms with Gasteiger partial charge in [-0.05, 0) is 0 Å². The molecule has 132 valence electrons. The van der Waals surface area contributed by atoms with Crippen LogP contribution in [0.15, 0.2) is 18.5 Å². The van der Waals surface area contributed by atoms with E-state index in [2.05, 4.69) is 14.8 Å². The van der Waals surface area contributed by atoms with Gasteiger partial charge in [-0.1, -0.05) is 25.4 Å². The van der Waals surface area contributed by atoms with Crippen molar-refractivity contribution in [2.45, 2.75) is 32.3 Å². The molecule has 0 fully saturated rings. The number of amides is 1. The van der Waals surface area contributed by atoms with E-state index in [9.17, 15) is 18.0 Å². The monoisotopic (exact) mass is 364 g/mol. The number of nitrogens with two attached hydrogens (primary N) is 1. The minimum Gasteiger partial charge on any atom is -0.437 e. The van der Waals surface area contributed by atoms with Crippen molar-refractivity contribution in [3.05, 3.63) is 29.2 Å². The van der Waals surface area contributed by atoms with Crippen LogP contribution in [-0.4, -0.2) is 39.7 Å². The Morgan fingerprint density at radius 2 is 2.17 bits per heavy atom. The highest BCUT2D eigenvalue weighted by atomic mass is 35.5. The summed E-state index contributed by atoms with van der Waals surface area (Å²) >= 11 is 5.79. The van der Waals surface area contributed by atoms with Crippen LogP contribution in [0, 0.1) is 5.41 Å². The van der Waals surface area contributed by atoms with Gasteiger partial charge in [0.1, 0.15) is 11.9 Å². The molecule has 0 radical (unpaired) electrons. The molecule has 0 aliphatic carbocycles. The highest BCUT2D eigenvalue weighted by Gasteiger charge is 2.43. The van der Waals surface area contributed by atoms with E-state index in [0.29, 0.717) is 0 Å². The number of imidazole rings is 1. The second-order valence-electron chi connectivity index (χ2n) is 5.97. The average Bonchev–Trinajstić information content (AvgIpc) is 2.93. The van der Waals surface area contributed by atoms with Gasteiger partial charge in [-0.2, -0.15) is 5.10 Å². The third-order valence-electron chi connectivity index (χ3n) is 3.50. The minimum absolute atomic E-state index is 0.117. The molecular formula is C14H16ClF3N4O2. The van der Waals surface area contributed by atoms with Crippen molar-refractivity contribution >= 4 is 23.3 Å². The first-order chi connectivity index (χ1) is 11.2. The summed E-state index contributed by atoms with van der Waals surface area (Å²) in [7, 11) is 0. The molecule has 0 saturated heterocycles. The first kappa shape index (κ1) is 18.3. The Balaban J connectivity index is 2.41. The minimum atomic E-state index is -2.37. The maximum Gasteiger partial charge on any atom is 0.405 e. The molecule has 0 aromatic carbocycles. The van der Waals surface area contributed by atoms with Crippen molar-refractivity contribution in [3.63, 3.8) is 0 Å². The summed E-state index contributed by atoms with van der Waals surface area (Å²) in [6.07, 6.45) is -5.11. The molecule has 0 bridgehead atoms. The Hall–Kier alpha value is -2.03. The van der Waals surface area contributed by atoms with Crippen molar-refractivity contribution in [2.24, 2.45) is 11.1 Å². The Morgan fingerprint density at radius 1 is 1.50 bits per heavy atom. The largest absolute Gasteiger partial charge is 0.437 e. The summed E-state index contributed by atoms with van der Waals surface area (Å²) < 4.78 is 47.9. The predicted octanol–water partition coefficient (Wildman–Crippen LogP) is 3.19. The van der Waals surface area contributed by atoms with Gasteiger partial charge in [0.05, 0.1) is 24.1 Å². The van der Waals surface area contributed by atoms with Crippen LogP contribution in [0.4, 0.5) is 18.0 Å². The molecule has 24 heavy (non-hydrogen) atoms. The highest BCUT2D eigenvalue weighted by Crippen LogP contribution is 2.35. The molecule has 0 aliphatic heterocycles. The molecule has 3 unspecified atom stereocenters. The smallest absolute Gasteiger partial charge is 0.405 e. The molecule has 2 aromatic heterocycles. The second kappa shape index (κ2) is 6.84. The van der Waals surface area contributed by atoms with Crippen LogP contribution in [0.5, 0.6) is 0 Å². The van der Waals surface area contributed by atoms with E-state index in [1.54, 1.807) is 0 Å². The number of halogens is 4. The number of fused-ring (bicyclic) bond motifs is 1. The van der Waals surface area contributed by atoms with Gasteiger partial charge >= 0.3 is 6.09 Å². The lowest BCUT2D eigenvalue weighted by molar-refractivity contribution is -0.0353. The van der Waals surface area contributed by atoms with Gasteiger partial charge in [0.15, 0.2) is 17.9 Å². The summed E-state index contributed by atoms with van der Waals surface area (Å²) in [4.78, 5) is 15.1. The number of rotatable bonds is 6. The van der Waals surface area contributed by atoms with E-state index < -0.39 is 36.6 Å². The molecule has 10 heteroatoms. The number of carbonyl (C=O) groups excluding carboxylic acids is 1. The average molecular weight is 365 g/mol. The third-order valence-corrected chi connectivity index (χ3v) is 3.71. The van der Waals surface area contributed by atoms with Crippen LogP contribution in [0.2, 0.25) is 5.02 Å². The number of ether oxygens (including phenoxy) is 1. The number of nitrogens with zero attached hydrogens (tertiary/aromatic N) is 3. The van der Waals surface area contributed by atoms with Crippen LogP contribution >= 0.6 is 11.6 Å². The van der Waals surface area contributed by atoms with Crippen LogP contribution < -0.4 is 5.73 Å². The van der Waals surface area contributed by atoms with Gasteiger partial charge in [-0.15, -0.1) is 0 Å². The molecule has 2 aromatic rings. The fraction of sp³-hybridized carbons (Fsp3) is 0.500. The molecule has 0 aliphatic rings. The lowest BCUT2D eigenvalue weighted by Crippen LogP contribution is -2.40. The first-order valence-corrected chi connectivity index (χ1v) is 7.34. The van der Waals surface area contributed by atoms with E-state index in [4.69, 9.17) is 17.3 Å². The van der Waals surface area contributed by atoms with Crippen LogP contribution in [-0.2, 0) is 4.74 Å². The van der Waals surface area contributed by atoms with E-state index in [-0.39, 0.29) is 16.4 Å². The third kappa shape index (κ3) is 3.72. The molecule has 0 saturated carbocycles. The Morgan fingerprint density at radius 3 is 2.75 bits per heavy atom. The number of aromatic nitrogens is 3. The summed E-state index contributed by atoms with van der Waals surface area (Å²) in [5.74, 6) is 0. The Kier molecular flexibility index (Phi) is 5.22. The van der Waals surface area contributed by atoms with E-state index in [1.165, 1.54) is 36.8 Å². The van der Waals surface area contributed by atoms with Crippen molar-refractivity contribution in [2.75, 3.05) is 6.67 Å². The maximum absolute atomic E-state index is 14.6. The van der Waals surface area contributed by atoms with Crippen molar-refractivity contribution in [1.29, 1.82) is 0 Å². The van der Waals surface area contributed by atoms with E-state index in [0.717, 1.165) is 0 Å². The van der Waals surface area contributed by atoms with Gasteiger partial charge in [0.25, 0.3) is 0 Å². The molecule has 2 rings (SSSR count). The summed E-state index contributed by atoms with van der Waals surface area (Å²) in [5, 5.41) is 4.19. The van der Waals surface area contributed by atoms with Crippen LogP contribution in [0.3, 0.4) is 0 Å². The van der Waals surface area contributed by atoms with E-state index >= 15 is 0 Å². The first-order valence-electron chi connectivity index (χ1n) is 6.96. The Labute approximate surface area is 140 Å². The van der Waals surface area contributed by atoms with E-state index in [1.807, 2.05) is 0 Å². The lowest BCUT2D eigenvalue weighted by Gasteiger charge is -2.30. The zero-order valence-corrected chi connectivity index (χ0v) is 13.7. The van der Waals surface area contributed by atoms with Gasteiger partial charge in [-0.3, -0.25) is 4.39 Å². The van der Waals surface area contributed by atoms with Gasteiger partial charge in [0.2, 0.25) is 0 Å². The predicted molar refractivity (Wildman–Crippen MR) is 81.0 cm³/mol. The van der Waals surface area contributed by atoms with Crippen LogP contribution in [0.1, 0.15) is 25.6 Å². The van der Waals surface area contributed by atoms with Crippen molar-refractivity contribution in [3.8, 4) is 0 Å². The van der Waals surface area contributed by atoms with Gasteiger partial charge < -0.3 is 10.5 Å². The second-order valence-corrected chi connectivity index (χ2v) is 6.40. The highest BCUT2D eigenvalue weighted by molar-refractivity contribution is 6.30. The fourth-order valence-electron chi connectivity index (χ4n) is 2.08.